The second kappa shape index (κ2) is 8.19. The summed E-state index contributed by atoms with van der Waals surface area (Å²) in [6.07, 6.45) is 0.791. The van der Waals surface area contributed by atoms with Gasteiger partial charge in [-0.2, -0.15) is 4.99 Å². The molecule has 0 aromatic heterocycles. The lowest BCUT2D eigenvalue weighted by Gasteiger charge is -2.38. The van der Waals surface area contributed by atoms with Gasteiger partial charge >= 0.3 is 12.1 Å². The Bertz CT molecular complexity index is 360. The average molecular weight is 278 g/mol. The molecule has 98 valence electrons. The van der Waals surface area contributed by atoms with E-state index >= 15 is 0 Å². The number of hydrogen-bond donors (Lipinski definition) is 0. The maximum atomic E-state index is 11.3. The van der Waals surface area contributed by atoms with Gasteiger partial charge in [0.25, 0.3) is 0 Å². The topological polar surface area (TPSA) is 68.2 Å². The minimum atomic E-state index is -1.87. The monoisotopic (exact) mass is 278 g/mol. The molecule has 0 fully saturated rings. The first-order valence-electron chi connectivity index (χ1n) is 5.26. The van der Waals surface area contributed by atoms with E-state index in [1.165, 1.54) is 7.11 Å². The van der Waals surface area contributed by atoms with Crippen LogP contribution in [0.3, 0.4) is 0 Å². The second-order valence-corrected chi connectivity index (χ2v) is 4.12. The van der Waals surface area contributed by atoms with Gasteiger partial charge < -0.3 is 14.4 Å². The van der Waals surface area contributed by atoms with E-state index in [9.17, 15) is 9.59 Å². The molecule has 1 amide bonds. The molecule has 0 spiro atoms. The molecule has 10 heteroatoms. The molecule has 0 aliphatic rings. The Hall–Kier alpha value is -1.05. The molecule has 0 rings (SSSR count). The van der Waals surface area contributed by atoms with Crippen molar-refractivity contribution in [1.29, 1.82) is 0 Å². The summed E-state index contributed by atoms with van der Waals surface area (Å²) < 4.78 is 9.16. The van der Waals surface area contributed by atoms with Crippen LogP contribution in [0.4, 0.5) is 4.79 Å². The van der Waals surface area contributed by atoms with Crippen LogP contribution < -0.4 is 0 Å². The Morgan fingerprint density at radius 3 is 2.32 bits per heavy atom. The lowest BCUT2D eigenvalue weighted by atomic mass is 9.48. The quantitative estimate of drug-likeness (QED) is 0.297. The summed E-state index contributed by atoms with van der Waals surface area (Å²) in [5.41, 5.74) is 0. The highest BCUT2D eigenvalue weighted by Gasteiger charge is 2.26. The number of aliphatic imine (C=N–C) groups is 1. The van der Waals surface area contributed by atoms with Gasteiger partial charge in [-0.25, -0.2) is 4.79 Å². The number of thioether (sulfide) groups is 1. The number of amidine groups is 1. The van der Waals surface area contributed by atoms with Gasteiger partial charge in [-0.1, -0.05) is 17.0 Å². The summed E-state index contributed by atoms with van der Waals surface area (Å²) in [7, 11) is 17.8. The fourth-order valence-electron chi connectivity index (χ4n) is 1.01. The van der Waals surface area contributed by atoms with Crippen LogP contribution in [0.1, 0.15) is 6.92 Å². The van der Waals surface area contributed by atoms with Gasteiger partial charge in [-0.15, -0.1) is 0 Å². The number of amides is 1. The van der Waals surface area contributed by atoms with Crippen LogP contribution in [0.2, 0.25) is 0 Å². The zero-order valence-electron chi connectivity index (χ0n) is 11.1. The van der Waals surface area contributed by atoms with Gasteiger partial charge in [-0.05, 0) is 13.2 Å². The number of carbonyl (C=O) groups excluding carboxylic acids is 2. The van der Waals surface area contributed by atoms with Crippen molar-refractivity contribution in [1.82, 2.24) is 4.90 Å². The predicted octanol–water partition coefficient (Wildman–Crippen LogP) is -0.546. The Morgan fingerprint density at radius 1 is 1.37 bits per heavy atom. The summed E-state index contributed by atoms with van der Waals surface area (Å²) in [6, 6.07) is 0. The van der Waals surface area contributed by atoms with E-state index in [0.29, 0.717) is 0 Å². The third-order valence-electron chi connectivity index (χ3n) is 1.85. The number of rotatable bonds is 4. The van der Waals surface area contributed by atoms with Crippen LogP contribution in [0.5, 0.6) is 0 Å². The lowest BCUT2D eigenvalue weighted by Crippen LogP contribution is -2.55. The molecule has 0 aromatic carbocycles. The largest absolute Gasteiger partial charge is 0.468 e. The third-order valence-corrected chi connectivity index (χ3v) is 2.53. The van der Waals surface area contributed by atoms with Crippen LogP contribution in [0.25, 0.3) is 0 Å². The molecule has 0 atom stereocenters. The smallest absolute Gasteiger partial charge is 0.436 e. The zero-order valence-corrected chi connectivity index (χ0v) is 11.9. The summed E-state index contributed by atoms with van der Waals surface area (Å²) in [4.78, 5) is 27.3. The average Bonchev–Trinajstić information content (AvgIpc) is 2.32. The van der Waals surface area contributed by atoms with Crippen molar-refractivity contribution in [2.24, 2.45) is 4.99 Å². The van der Waals surface area contributed by atoms with E-state index in [1.54, 1.807) is 13.2 Å². The van der Waals surface area contributed by atoms with Gasteiger partial charge in [0.15, 0.2) is 5.17 Å². The normalized spacial score (nSPS) is 11.8. The highest BCUT2D eigenvalue weighted by Crippen LogP contribution is 2.13. The van der Waals surface area contributed by atoms with Crippen LogP contribution in [0.15, 0.2) is 4.99 Å². The molecule has 0 aliphatic heterocycles. The Morgan fingerprint density at radius 2 is 1.95 bits per heavy atom. The standard InChI is InChI=1S/C9H13B3N2O4S/c1-4-18-8(16)13-7(19-3)14(9(10,11)12)5-6(15)17-2/h4-5H2,1-3H3. The number of methoxy groups -OCH3 is 1. The molecule has 19 heavy (non-hydrogen) atoms. The van der Waals surface area contributed by atoms with Crippen molar-refractivity contribution >= 4 is 52.5 Å². The zero-order chi connectivity index (χ0) is 15.1. The SMILES string of the molecule is [B]C([B])([B])N(CC(=O)OC)C(=NC(=O)OCC)SC. The van der Waals surface area contributed by atoms with Crippen LogP contribution in [0, 0.1) is 0 Å². The summed E-state index contributed by atoms with van der Waals surface area (Å²) in [6.45, 7) is 1.45. The number of nitrogens with zero attached hydrogens (tertiary/aromatic N) is 2. The van der Waals surface area contributed by atoms with E-state index in [2.05, 4.69) is 14.5 Å². The van der Waals surface area contributed by atoms with Crippen molar-refractivity contribution in [3.05, 3.63) is 0 Å². The highest BCUT2D eigenvalue weighted by atomic mass is 32.2. The fraction of sp³-hybridized carbons (Fsp3) is 0.667. The second-order valence-electron chi connectivity index (χ2n) is 3.35. The van der Waals surface area contributed by atoms with E-state index in [1.807, 2.05) is 0 Å². The summed E-state index contributed by atoms with van der Waals surface area (Å²) in [5.74, 6) is -0.628. The number of carbonyl (C=O) groups is 2. The molecule has 0 N–H and O–H groups in total. The van der Waals surface area contributed by atoms with Crippen LogP contribution in [-0.4, -0.2) is 77.4 Å². The number of ether oxygens (including phenoxy) is 2. The van der Waals surface area contributed by atoms with Gasteiger partial charge in [0.05, 0.1) is 37.3 Å². The number of esters is 1. The molecule has 0 heterocycles. The van der Waals surface area contributed by atoms with E-state index in [-0.39, 0.29) is 18.3 Å². The van der Waals surface area contributed by atoms with Gasteiger partial charge in [0, 0.05) is 0 Å². The molecule has 0 unspecified atom stereocenters. The van der Waals surface area contributed by atoms with Crippen LogP contribution in [-0.2, 0) is 14.3 Å². The van der Waals surface area contributed by atoms with Crippen molar-refractivity contribution in [3.63, 3.8) is 0 Å². The van der Waals surface area contributed by atoms with E-state index in [0.717, 1.165) is 16.7 Å². The van der Waals surface area contributed by atoms with Gasteiger partial charge in [0.2, 0.25) is 0 Å². The molecule has 0 saturated carbocycles. The van der Waals surface area contributed by atoms with Crippen LogP contribution >= 0.6 is 11.8 Å². The van der Waals surface area contributed by atoms with Crippen molar-refractivity contribution < 1.29 is 19.1 Å². The van der Waals surface area contributed by atoms with Gasteiger partial charge in [0.1, 0.15) is 6.54 Å². The third kappa shape index (κ3) is 6.61. The molecule has 6 nitrogen and oxygen atoms in total. The first-order chi connectivity index (χ1) is 8.76. The lowest BCUT2D eigenvalue weighted by molar-refractivity contribution is -0.141. The Balaban J connectivity index is 5.19. The molecule has 6 radical (unpaired) electrons. The van der Waals surface area contributed by atoms with Gasteiger partial charge in [-0.3, -0.25) is 4.79 Å². The molecule has 0 bridgehead atoms. The molecule has 0 saturated heterocycles. The van der Waals surface area contributed by atoms with E-state index < -0.39 is 17.3 Å². The minimum absolute atomic E-state index is 0.0522. The number of hydrogen-bond acceptors (Lipinski definition) is 5. The Kier molecular flexibility index (Phi) is 7.74. The first-order valence-corrected chi connectivity index (χ1v) is 6.49. The minimum Gasteiger partial charge on any atom is -0.468 e. The van der Waals surface area contributed by atoms with E-state index in [4.69, 9.17) is 23.5 Å². The molecular formula is C9H13B3N2O4S. The molecule has 0 aliphatic carbocycles. The highest BCUT2D eigenvalue weighted by molar-refractivity contribution is 8.13. The summed E-state index contributed by atoms with van der Waals surface area (Å²) in [5, 5.41) is -1.82. The summed E-state index contributed by atoms with van der Waals surface area (Å²) >= 11 is 1.04. The van der Waals surface area contributed by atoms with Crippen molar-refractivity contribution in [2.45, 2.75) is 12.2 Å². The van der Waals surface area contributed by atoms with Crippen molar-refractivity contribution in [3.8, 4) is 0 Å². The maximum absolute atomic E-state index is 11.3. The molecular weight excluding hydrogens is 265 g/mol. The first kappa shape index (κ1) is 18.0. The maximum Gasteiger partial charge on any atom is 0.436 e. The fourth-order valence-corrected chi connectivity index (χ4v) is 1.62. The Labute approximate surface area is 120 Å². The molecule has 0 aromatic rings. The predicted molar refractivity (Wildman–Crippen MR) is 76.7 cm³/mol. The van der Waals surface area contributed by atoms with Crippen molar-refractivity contribution in [2.75, 3.05) is 26.5 Å².